The summed E-state index contributed by atoms with van der Waals surface area (Å²) in [5.41, 5.74) is 2.45. The van der Waals surface area contributed by atoms with Crippen LogP contribution in [0.3, 0.4) is 0 Å². The van der Waals surface area contributed by atoms with Crippen LogP contribution in [-0.2, 0) is 0 Å². The molecule has 2 heteroatoms. The molecule has 1 unspecified atom stereocenters. The van der Waals surface area contributed by atoms with E-state index in [1.807, 2.05) is 18.2 Å². The van der Waals surface area contributed by atoms with E-state index in [-0.39, 0.29) is 6.10 Å². The Labute approximate surface area is 94.0 Å². The fourth-order valence-electron chi connectivity index (χ4n) is 1.62. The molecule has 1 aromatic heterocycles. The zero-order chi connectivity index (χ0) is 10.8. The van der Waals surface area contributed by atoms with Crippen LogP contribution in [0, 0.1) is 6.92 Å². The van der Waals surface area contributed by atoms with E-state index in [9.17, 15) is 5.11 Å². The van der Waals surface area contributed by atoms with Crippen molar-refractivity contribution in [1.82, 2.24) is 0 Å². The van der Waals surface area contributed by atoms with Gasteiger partial charge in [-0.1, -0.05) is 30.3 Å². The van der Waals surface area contributed by atoms with Gasteiger partial charge < -0.3 is 5.11 Å². The van der Waals surface area contributed by atoms with Gasteiger partial charge in [-0.25, -0.2) is 0 Å². The van der Waals surface area contributed by atoms with Gasteiger partial charge in [-0.05, 0) is 31.0 Å². The summed E-state index contributed by atoms with van der Waals surface area (Å²) in [6, 6.07) is 12.4. The highest BCUT2D eigenvalue weighted by Crippen LogP contribution is 2.33. The van der Waals surface area contributed by atoms with Crippen LogP contribution < -0.4 is 0 Å². The first-order valence-corrected chi connectivity index (χ1v) is 5.84. The Hall–Kier alpha value is -1.12. The molecular weight excluding hydrogens is 204 g/mol. The lowest BCUT2D eigenvalue weighted by Crippen LogP contribution is -1.83. The van der Waals surface area contributed by atoms with Crippen LogP contribution >= 0.6 is 11.3 Å². The minimum Gasteiger partial charge on any atom is -0.388 e. The molecule has 0 fully saturated rings. The van der Waals surface area contributed by atoms with Crippen molar-refractivity contribution < 1.29 is 5.11 Å². The Morgan fingerprint density at radius 1 is 1.20 bits per heavy atom. The minimum absolute atomic E-state index is 0.369. The monoisotopic (exact) mass is 218 g/mol. The van der Waals surface area contributed by atoms with Gasteiger partial charge in [0.15, 0.2) is 0 Å². The van der Waals surface area contributed by atoms with Crippen molar-refractivity contribution in [3.63, 3.8) is 0 Å². The minimum atomic E-state index is -0.369. The Morgan fingerprint density at radius 3 is 2.40 bits per heavy atom. The second kappa shape index (κ2) is 4.17. The number of rotatable bonds is 2. The van der Waals surface area contributed by atoms with Crippen molar-refractivity contribution in [2.24, 2.45) is 0 Å². The highest BCUT2D eigenvalue weighted by Gasteiger charge is 2.10. The largest absolute Gasteiger partial charge is 0.388 e. The molecule has 1 N–H and O–H groups in total. The van der Waals surface area contributed by atoms with Crippen molar-refractivity contribution in [1.29, 1.82) is 0 Å². The second-order valence-corrected chi connectivity index (χ2v) is 4.95. The zero-order valence-corrected chi connectivity index (χ0v) is 9.71. The molecule has 0 aliphatic carbocycles. The van der Waals surface area contributed by atoms with E-state index in [0.29, 0.717) is 0 Å². The van der Waals surface area contributed by atoms with E-state index >= 15 is 0 Å². The van der Waals surface area contributed by atoms with E-state index < -0.39 is 0 Å². The summed E-state index contributed by atoms with van der Waals surface area (Å²) in [5, 5.41) is 9.52. The Morgan fingerprint density at radius 2 is 1.87 bits per heavy atom. The van der Waals surface area contributed by atoms with Gasteiger partial charge >= 0.3 is 0 Å². The Bertz CT molecular complexity index is 443. The molecule has 0 aliphatic heterocycles. The molecule has 0 amide bonds. The van der Waals surface area contributed by atoms with Crippen LogP contribution in [0.5, 0.6) is 0 Å². The predicted octanol–water partition coefficient (Wildman–Crippen LogP) is 3.78. The van der Waals surface area contributed by atoms with Crippen molar-refractivity contribution in [2.45, 2.75) is 20.0 Å². The van der Waals surface area contributed by atoms with Crippen molar-refractivity contribution in [2.75, 3.05) is 0 Å². The average Bonchev–Trinajstić information content (AvgIpc) is 2.62. The fourth-order valence-corrected chi connectivity index (χ4v) is 2.60. The number of hydrogen-bond acceptors (Lipinski definition) is 2. The van der Waals surface area contributed by atoms with Gasteiger partial charge in [0.1, 0.15) is 0 Å². The van der Waals surface area contributed by atoms with Crippen molar-refractivity contribution in [3.05, 3.63) is 46.2 Å². The summed E-state index contributed by atoms with van der Waals surface area (Å²) in [5.74, 6) is 0. The molecule has 2 aromatic rings. The summed E-state index contributed by atoms with van der Waals surface area (Å²) < 4.78 is 0. The first-order chi connectivity index (χ1) is 7.18. The van der Waals surface area contributed by atoms with Crippen LogP contribution in [0.15, 0.2) is 36.4 Å². The molecule has 1 atom stereocenters. The number of hydrogen-bond donors (Lipinski definition) is 1. The quantitative estimate of drug-likeness (QED) is 0.813. The van der Waals surface area contributed by atoms with Crippen LogP contribution in [-0.4, -0.2) is 5.11 Å². The van der Waals surface area contributed by atoms with Crippen LogP contribution in [0.2, 0.25) is 0 Å². The van der Waals surface area contributed by atoms with Gasteiger partial charge in [-0.15, -0.1) is 11.3 Å². The second-order valence-electron chi connectivity index (χ2n) is 3.66. The van der Waals surface area contributed by atoms with E-state index in [1.54, 1.807) is 18.3 Å². The maximum Gasteiger partial charge on any atom is 0.0854 e. The molecule has 78 valence electrons. The van der Waals surface area contributed by atoms with Gasteiger partial charge in [0.2, 0.25) is 0 Å². The van der Waals surface area contributed by atoms with Gasteiger partial charge in [-0.2, -0.15) is 0 Å². The third-order valence-corrected chi connectivity index (χ3v) is 3.65. The van der Waals surface area contributed by atoms with Crippen LogP contribution in [0.1, 0.15) is 22.8 Å². The summed E-state index contributed by atoms with van der Waals surface area (Å²) >= 11 is 1.67. The summed E-state index contributed by atoms with van der Waals surface area (Å²) in [7, 11) is 0. The van der Waals surface area contributed by atoms with Crippen molar-refractivity contribution >= 4 is 11.3 Å². The standard InChI is InChI=1S/C13H14OS/c1-9(14)13-8-12(10(2)15-13)11-6-4-3-5-7-11/h3-9,14H,1-2H3. The summed E-state index contributed by atoms with van der Waals surface area (Å²) in [6.07, 6.45) is -0.369. The smallest absolute Gasteiger partial charge is 0.0854 e. The van der Waals surface area contributed by atoms with E-state index in [0.717, 1.165) is 4.88 Å². The van der Waals surface area contributed by atoms with E-state index in [2.05, 4.69) is 25.1 Å². The average molecular weight is 218 g/mol. The van der Waals surface area contributed by atoms with Gasteiger partial charge in [0.25, 0.3) is 0 Å². The predicted molar refractivity (Wildman–Crippen MR) is 65.1 cm³/mol. The maximum atomic E-state index is 9.52. The van der Waals surface area contributed by atoms with Crippen molar-refractivity contribution in [3.8, 4) is 11.1 Å². The summed E-state index contributed by atoms with van der Waals surface area (Å²) in [6.45, 7) is 3.90. The lowest BCUT2D eigenvalue weighted by atomic mass is 10.1. The molecule has 1 nitrogen and oxygen atoms in total. The Balaban J connectivity index is 2.45. The van der Waals surface area contributed by atoms with E-state index in [1.165, 1.54) is 16.0 Å². The van der Waals surface area contributed by atoms with Crippen LogP contribution in [0.25, 0.3) is 11.1 Å². The van der Waals surface area contributed by atoms with E-state index in [4.69, 9.17) is 0 Å². The molecule has 1 aromatic carbocycles. The summed E-state index contributed by atoms with van der Waals surface area (Å²) in [4.78, 5) is 2.29. The maximum absolute atomic E-state index is 9.52. The first kappa shape index (κ1) is 10.4. The SMILES string of the molecule is Cc1sc(C(C)O)cc1-c1ccccc1. The number of aryl methyl sites for hydroxylation is 1. The number of aliphatic hydroxyl groups is 1. The molecule has 0 spiro atoms. The molecule has 0 aliphatic rings. The molecule has 0 radical (unpaired) electrons. The fraction of sp³-hybridized carbons (Fsp3) is 0.231. The highest BCUT2D eigenvalue weighted by atomic mass is 32.1. The lowest BCUT2D eigenvalue weighted by Gasteiger charge is -1.98. The highest BCUT2D eigenvalue weighted by molar-refractivity contribution is 7.12. The molecule has 0 saturated heterocycles. The van der Waals surface area contributed by atoms with Gasteiger partial charge in [0, 0.05) is 9.75 Å². The number of aliphatic hydroxyl groups excluding tert-OH is 1. The van der Waals surface area contributed by atoms with Gasteiger partial charge in [-0.3, -0.25) is 0 Å². The third kappa shape index (κ3) is 2.11. The first-order valence-electron chi connectivity index (χ1n) is 5.02. The molecular formula is C13H14OS. The molecule has 2 rings (SSSR count). The topological polar surface area (TPSA) is 20.2 Å². The molecule has 0 saturated carbocycles. The Kier molecular flexibility index (Phi) is 2.89. The third-order valence-electron chi connectivity index (χ3n) is 2.43. The molecule has 15 heavy (non-hydrogen) atoms. The number of benzene rings is 1. The zero-order valence-electron chi connectivity index (χ0n) is 8.90. The molecule has 1 heterocycles. The van der Waals surface area contributed by atoms with Crippen LogP contribution in [0.4, 0.5) is 0 Å². The molecule has 0 bridgehead atoms. The van der Waals surface area contributed by atoms with Gasteiger partial charge in [0.05, 0.1) is 6.10 Å². The lowest BCUT2D eigenvalue weighted by molar-refractivity contribution is 0.203. The number of thiophene rings is 1. The normalized spacial score (nSPS) is 12.7.